The number of unbranched alkanes of at least 4 members (excludes halogenated alkanes) is 2. The molecule has 0 aromatic rings. The molecule has 0 amide bonds. The lowest BCUT2D eigenvalue weighted by atomic mass is 9.70. The quantitative estimate of drug-likeness (QED) is 0.473. The van der Waals surface area contributed by atoms with Crippen molar-refractivity contribution >= 4 is 0 Å². The molecule has 0 spiro atoms. The van der Waals surface area contributed by atoms with Crippen LogP contribution in [0, 0.1) is 17.8 Å². The lowest BCUT2D eigenvalue weighted by molar-refractivity contribution is -0.00186. The van der Waals surface area contributed by atoms with Crippen LogP contribution in [-0.4, -0.2) is 12.7 Å². The van der Waals surface area contributed by atoms with E-state index in [4.69, 9.17) is 4.74 Å². The molecule has 0 aliphatic heterocycles. The third kappa shape index (κ3) is 5.93. The van der Waals surface area contributed by atoms with Crippen LogP contribution in [0.4, 0.5) is 0 Å². The Morgan fingerprint density at radius 1 is 0.810 bits per heavy atom. The van der Waals surface area contributed by atoms with Gasteiger partial charge in [0.25, 0.3) is 0 Å². The van der Waals surface area contributed by atoms with Gasteiger partial charge in [0, 0.05) is 6.61 Å². The van der Waals surface area contributed by atoms with Crippen molar-refractivity contribution in [2.24, 2.45) is 17.8 Å². The van der Waals surface area contributed by atoms with E-state index in [0.29, 0.717) is 6.10 Å². The molecule has 0 bridgehead atoms. The van der Waals surface area contributed by atoms with Crippen LogP contribution in [-0.2, 0) is 4.74 Å². The highest BCUT2D eigenvalue weighted by atomic mass is 16.5. The van der Waals surface area contributed by atoms with Gasteiger partial charge in [-0.1, -0.05) is 58.8 Å². The normalized spacial score (nSPS) is 34.0. The molecule has 2 aliphatic carbocycles. The van der Waals surface area contributed by atoms with Gasteiger partial charge >= 0.3 is 0 Å². The largest absolute Gasteiger partial charge is 0.378 e. The first-order valence-electron chi connectivity index (χ1n) is 9.95. The Morgan fingerprint density at radius 3 is 2.33 bits per heavy atom. The molecular formula is C20H38O. The van der Waals surface area contributed by atoms with Gasteiger partial charge in [0.1, 0.15) is 0 Å². The summed E-state index contributed by atoms with van der Waals surface area (Å²) in [4.78, 5) is 0. The van der Waals surface area contributed by atoms with Gasteiger partial charge in [-0.2, -0.15) is 0 Å². The fourth-order valence-electron chi connectivity index (χ4n) is 4.68. The van der Waals surface area contributed by atoms with Crippen molar-refractivity contribution in [1.82, 2.24) is 0 Å². The molecular weight excluding hydrogens is 256 g/mol. The van der Waals surface area contributed by atoms with E-state index >= 15 is 0 Å². The SMILES string of the molecule is CCCCC[C@H]1CC[C@@H]([C@@H]2CCC[C@@H](OCCC)C2)CC1. The zero-order valence-electron chi connectivity index (χ0n) is 14.6. The monoisotopic (exact) mass is 294 g/mol. The molecule has 0 unspecified atom stereocenters. The van der Waals surface area contributed by atoms with Crippen molar-refractivity contribution in [1.29, 1.82) is 0 Å². The third-order valence-corrected chi connectivity index (χ3v) is 6.00. The minimum Gasteiger partial charge on any atom is -0.378 e. The van der Waals surface area contributed by atoms with E-state index in [1.807, 2.05) is 0 Å². The first kappa shape index (κ1) is 17.3. The van der Waals surface area contributed by atoms with E-state index in [0.717, 1.165) is 24.4 Å². The Balaban J connectivity index is 1.66. The van der Waals surface area contributed by atoms with Gasteiger partial charge in [-0.05, 0) is 56.3 Å². The van der Waals surface area contributed by atoms with Gasteiger partial charge in [-0.15, -0.1) is 0 Å². The summed E-state index contributed by atoms with van der Waals surface area (Å²) in [6.07, 6.45) is 19.2. The standard InChI is InChI=1S/C20H38O/c1-3-5-6-8-17-11-13-18(14-12-17)19-9-7-10-20(16-19)21-15-4-2/h17-20H,3-16H2,1-2H3/t17-,18+,19-,20-/m1/s1. The Kier molecular flexibility index (Phi) is 8.14. The van der Waals surface area contributed by atoms with Crippen LogP contribution < -0.4 is 0 Å². The maximum Gasteiger partial charge on any atom is 0.0577 e. The topological polar surface area (TPSA) is 9.23 Å². The molecule has 1 heteroatoms. The summed E-state index contributed by atoms with van der Waals surface area (Å²) in [6.45, 7) is 5.51. The van der Waals surface area contributed by atoms with Gasteiger partial charge in [-0.25, -0.2) is 0 Å². The van der Waals surface area contributed by atoms with E-state index in [1.54, 1.807) is 0 Å². The molecule has 2 aliphatic rings. The molecule has 1 nitrogen and oxygen atoms in total. The Bertz CT molecular complexity index is 255. The number of rotatable bonds is 8. The number of hydrogen-bond acceptors (Lipinski definition) is 1. The highest BCUT2D eigenvalue weighted by molar-refractivity contribution is 4.83. The molecule has 21 heavy (non-hydrogen) atoms. The van der Waals surface area contributed by atoms with Crippen LogP contribution in [0.25, 0.3) is 0 Å². The maximum atomic E-state index is 6.04. The fourth-order valence-corrected chi connectivity index (χ4v) is 4.68. The molecule has 0 radical (unpaired) electrons. The van der Waals surface area contributed by atoms with Crippen LogP contribution in [0.3, 0.4) is 0 Å². The Hall–Kier alpha value is -0.0400. The Labute approximate surface area is 133 Å². The minimum absolute atomic E-state index is 0.589. The average molecular weight is 295 g/mol. The fraction of sp³-hybridized carbons (Fsp3) is 1.00. The summed E-state index contributed by atoms with van der Waals surface area (Å²) in [6, 6.07) is 0. The molecule has 2 saturated carbocycles. The molecule has 0 N–H and O–H groups in total. The molecule has 0 heterocycles. The second-order valence-corrected chi connectivity index (χ2v) is 7.70. The summed E-state index contributed by atoms with van der Waals surface area (Å²) in [5, 5.41) is 0. The van der Waals surface area contributed by atoms with Gasteiger partial charge in [0.2, 0.25) is 0 Å². The van der Waals surface area contributed by atoms with Crippen molar-refractivity contribution in [3.63, 3.8) is 0 Å². The lowest BCUT2D eigenvalue weighted by Crippen LogP contribution is -2.30. The van der Waals surface area contributed by atoms with Gasteiger partial charge < -0.3 is 4.74 Å². The predicted octanol–water partition coefficient (Wildman–Crippen LogP) is 6.36. The number of hydrogen-bond donors (Lipinski definition) is 0. The number of ether oxygens (including phenoxy) is 1. The van der Waals surface area contributed by atoms with Crippen molar-refractivity contribution in [3.05, 3.63) is 0 Å². The van der Waals surface area contributed by atoms with Crippen LogP contribution in [0.1, 0.15) is 97.3 Å². The molecule has 0 saturated heterocycles. The highest BCUT2D eigenvalue weighted by Crippen LogP contribution is 2.41. The lowest BCUT2D eigenvalue weighted by Gasteiger charge is -2.38. The summed E-state index contributed by atoms with van der Waals surface area (Å²) >= 11 is 0. The first-order valence-corrected chi connectivity index (χ1v) is 9.95. The second-order valence-electron chi connectivity index (χ2n) is 7.70. The zero-order valence-corrected chi connectivity index (χ0v) is 14.6. The molecule has 2 atom stereocenters. The molecule has 124 valence electrons. The van der Waals surface area contributed by atoms with Crippen molar-refractivity contribution in [2.45, 2.75) is 103 Å². The molecule has 0 aromatic carbocycles. The van der Waals surface area contributed by atoms with E-state index in [2.05, 4.69) is 13.8 Å². The van der Waals surface area contributed by atoms with E-state index in [1.165, 1.54) is 83.5 Å². The van der Waals surface area contributed by atoms with Gasteiger partial charge in [0.15, 0.2) is 0 Å². The summed E-state index contributed by atoms with van der Waals surface area (Å²) in [7, 11) is 0. The van der Waals surface area contributed by atoms with E-state index in [-0.39, 0.29) is 0 Å². The Morgan fingerprint density at radius 2 is 1.62 bits per heavy atom. The smallest absolute Gasteiger partial charge is 0.0577 e. The minimum atomic E-state index is 0.589. The predicted molar refractivity (Wildman–Crippen MR) is 91.6 cm³/mol. The average Bonchev–Trinajstić information content (AvgIpc) is 2.54. The van der Waals surface area contributed by atoms with Crippen LogP contribution in [0.15, 0.2) is 0 Å². The molecule has 0 aromatic heterocycles. The summed E-state index contributed by atoms with van der Waals surface area (Å²) in [5.74, 6) is 3.07. The summed E-state index contributed by atoms with van der Waals surface area (Å²) in [5.41, 5.74) is 0. The van der Waals surface area contributed by atoms with Gasteiger partial charge in [0.05, 0.1) is 6.10 Å². The molecule has 2 rings (SSSR count). The van der Waals surface area contributed by atoms with Gasteiger partial charge in [-0.3, -0.25) is 0 Å². The molecule has 2 fully saturated rings. The second kappa shape index (κ2) is 9.87. The highest BCUT2D eigenvalue weighted by Gasteiger charge is 2.31. The van der Waals surface area contributed by atoms with E-state index < -0.39 is 0 Å². The zero-order chi connectivity index (χ0) is 14.9. The van der Waals surface area contributed by atoms with Crippen LogP contribution in [0.2, 0.25) is 0 Å². The van der Waals surface area contributed by atoms with Crippen LogP contribution in [0.5, 0.6) is 0 Å². The third-order valence-electron chi connectivity index (χ3n) is 6.00. The van der Waals surface area contributed by atoms with Crippen molar-refractivity contribution in [3.8, 4) is 0 Å². The van der Waals surface area contributed by atoms with Crippen molar-refractivity contribution in [2.75, 3.05) is 6.61 Å². The summed E-state index contributed by atoms with van der Waals surface area (Å²) < 4.78 is 6.04. The maximum absolute atomic E-state index is 6.04. The van der Waals surface area contributed by atoms with E-state index in [9.17, 15) is 0 Å². The van der Waals surface area contributed by atoms with Crippen LogP contribution >= 0.6 is 0 Å². The first-order chi connectivity index (χ1) is 10.3. The van der Waals surface area contributed by atoms with Crippen molar-refractivity contribution < 1.29 is 4.74 Å².